The van der Waals surface area contributed by atoms with Crippen LogP contribution in [0.25, 0.3) is 0 Å². The molecule has 2 N–H and O–H groups in total. The maximum atomic E-state index is 13.0. The van der Waals surface area contributed by atoms with Gasteiger partial charge >= 0.3 is 0 Å². The summed E-state index contributed by atoms with van der Waals surface area (Å²) in [5.41, 5.74) is 1.15. The average Bonchev–Trinajstić information content (AvgIpc) is 3.21. The Balaban J connectivity index is 1.75. The van der Waals surface area contributed by atoms with E-state index in [9.17, 15) is 14.0 Å². The molecule has 1 aliphatic rings. The van der Waals surface area contributed by atoms with Crippen LogP contribution in [0.15, 0.2) is 24.7 Å². The molecule has 2 aromatic rings. The summed E-state index contributed by atoms with van der Waals surface area (Å²) in [4.78, 5) is 28.9. The molecule has 0 aromatic carbocycles. The molecule has 3 rings (SSSR count). The van der Waals surface area contributed by atoms with Crippen LogP contribution in [0.2, 0.25) is 0 Å². The Hall–Kier alpha value is -2.64. The molecule has 1 aliphatic heterocycles. The van der Waals surface area contributed by atoms with E-state index in [-0.39, 0.29) is 29.5 Å². The number of carbonyl (C=O) groups excluding carboxylic acids is 2. The van der Waals surface area contributed by atoms with Gasteiger partial charge in [0.25, 0.3) is 5.91 Å². The third-order valence-electron chi connectivity index (χ3n) is 4.66. The highest BCUT2D eigenvalue weighted by Gasteiger charge is 2.36. The number of nitrogens with zero attached hydrogens (tertiary/aromatic N) is 3. The number of hydrogen-bond donors (Lipinski definition) is 2. The fraction of sp³-hybridized carbons (Fsp3) is 0.471. The number of aromatic amines is 1. The Morgan fingerprint density at radius 2 is 2.32 bits per heavy atom. The lowest BCUT2D eigenvalue weighted by Crippen LogP contribution is -2.46. The minimum absolute atomic E-state index is 0.0746. The van der Waals surface area contributed by atoms with E-state index >= 15 is 0 Å². The average molecular weight is 347 g/mol. The number of nitrogens with one attached hydrogen (secondary N) is 2. The Labute approximate surface area is 145 Å². The third kappa shape index (κ3) is 3.57. The Morgan fingerprint density at radius 3 is 2.92 bits per heavy atom. The predicted molar refractivity (Wildman–Crippen MR) is 89.1 cm³/mol. The van der Waals surface area contributed by atoms with Crippen LogP contribution in [0.5, 0.6) is 0 Å². The van der Waals surface area contributed by atoms with Crippen molar-refractivity contribution in [3.63, 3.8) is 0 Å². The number of rotatable bonds is 5. The second-order valence-electron chi connectivity index (χ2n) is 6.31. The zero-order valence-corrected chi connectivity index (χ0v) is 14.3. The van der Waals surface area contributed by atoms with Crippen molar-refractivity contribution in [1.82, 2.24) is 25.0 Å². The third-order valence-corrected chi connectivity index (χ3v) is 4.66. The monoisotopic (exact) mass is 347 g/mol. The number of amides is 2. The molecule has 25 heavy (non-hydrogen) atoms. The molecule has 0 radical (unpaired) electrons. The van der Waals surface area contributed by atoms with Crippen LogP contribution in [0.1, 0.15) is 41.9 Å². The molecule has 2 atom stereocenters. The van der Waals surface area contributed by atoms with Crippen LogP contribution in [0.4, 0.5) is 4.39 Å². The molecule has 1 saturated heterocycles. The van der Waals surface area contributed by atoms with Gasteiger partial charge < -0.3 is 15.2 Å². The van der Waals surface area contributed by atoms with E-state index in [1.807, 2.05) is 25.1 Å². The Kier molecular flexibility index (Phi) is 4.87. The first-order valence-corrected chi connectivity index (χ1v) is 8.39. The number of carbonyl (C=O) groups is 2. The van der Waals surface area contributed by atoms with E-state index in [0.29, 0.717) is 25.9 Å². The van der Waals surface area contributed by atoms with E-state index in [2.05, 4.69) is 15.4 Å². The molecule has 0 spiro atoms. The topological polar surface area (TPSA) is 83.0 Å². The quantitative estimate of drug-likeness (QED) is 0.862. The van der Waals surface area contributed by atoms with Gasteiger partial charge in [0.2, 0.25) is 5.91 Å². The van der Waals surface area contributed by atoms with Crippen molar-refractivity contribution in [2.24, 2.45) is 13.0 Å². The van der Waals surface area contributed by atoms with E-state index in [0.717, 1.165) is 17.8 Å². The SMILES string of the molecule is CCN1C(=O)CC[C@H](CNC(=O)c2cc(F)c[nH]2)[C@H]1c1cnn(C)c1. The zero-order chi connectivity index (χ0) is 18.0. The van der Waals surface area contributed by atoms with Crippen molar-refractivity contribution >= 4 is 11.8 Å². The molecule has 2 amide bonds. The molecular weight excluding hydrogens is 325 g/mol. The highest BCUT2D eigenvalue weighted by molar-refractivity contribution is 5.92. The normalized spacial score (nSPS) is 20.8. The van der Waals surface area contributed by atoms with Crippen LogP contribution in [-0.4, -0.2) is 44.6 Å². The molecule has 1 fully saturated rings. The number of H-pyrrole nitrogens is 1. The van der Waals surface area contributed by atoms with Crippen molar-refractivity contribution in [2.75, 3.05) is 13.1 Å². The summed E-state index contributed by atoms with van der Waals surface area (Å²) in [6.07, 6.45) is 5.96. The summed E-state index contributed by atoms with van der Waals surface area (Å²) in [6, 6.07) is 1.04. The van der Waals surface area contributed by atoms with Gasteiger partial charge in [-0.2, -0.15) is 5.10 Å². The Bertz CT molecular complexity index is 769. The van der Waals surface area contributed by atoms with E-state index in [1.54, 1.807) is 10.9 Å². The lowest BCUT2D eigenvalue weighted by molar-refractivity contribution is -0.138. The van der Waals surface area contributed by atoms with Gasteiger partial charge in [-0.1, -0.05) is 0 Å². The summed E-state index contributed by atoms with van der Waals surface area (Å²) in [7, 11) is 1.83. The van der Waals surface area contributed by atoms with Crippen LogP contribution in [0, 0.1) is 11.7 Å². The number of aromatic nitrogens is 3. The first-order chi connectivity index (χ1) is 12.0. The van der Waals surface area contributed by atoms with Crippen molar-refractivity contribution in [3.05, 3.63) is 41.7 Å². The van der Waals surface area contributed by atoms with Crippen LogP contribution in [0.3, 0.4) is 0 Å². The number of halogens is 1. The molecule has 7 nitrogen and oxygen atoms in total. The Morgan fingerprint density at radius 1 is 1.52 bits per heavy atom. The second kappa shape index (κ2) is 7.08. The lowest BCUT2D eigenvalue weighted by atomic mass is 9.85. The fourth-order valence-electron chi connectivity index (χ4n) is 3.47. The molecule has 0 unspecified atom stereocenters. The van der Waals surface area contributed by atoms with E-state index in [1.165, 1.54) is 0 Å². The summed E-state index contributed by atoms with van der Waals surface area (Å²) in [6.45, 7) is 2.96. The summed E-state index contributed by atoms with van der Waals surface area (Å²) in [5.74, 6) is -0.636. The highest BCUT2D eigenvalue weighted by Crippen LogP contribution is 2.36. The van der Waals surface area contributed by atoms with Gasteiger partial charge in [-0.25, -0.2) is 4.39 Å². The second-order valence-corrected chi connectivity index (χ2v) is 6.31. The first-order valence-electron chi connectivity index (χ1n) is 8.39. The van der Waals surface area contributed by atoms with Gasteiger partial charge in [-0.3, -0.25) is 14.3 Å². The summed E-state index contributed by atoms with van der Waals surface area (Å²) in [5, 5.41) is 7.06. The maximum Gasteiger partial charge on any atom is 0.267 e. The van der Waals surface area contributed by atoms with Crippen LogP contribution < -0.4 is 5.32 Å². The molecule has 0 bridgehead atoms. The van der Waals surface area contributed by atoms with Crippen molar-refractivity contribution in [3.8, 4) is 0 Å². The molecule has 0 aliphatic carbocycles. The number of hydrogen-bond acceptors (Lipinski definition) is 3. The number of piperidine rings is 1. The molecule has 134 valence electrons. The van der Waals surface area contributed by atoms with Gasteiger partial charge in [0, 0.05) is 56.5 Å². The fourth-order valence-corrected chi connectivity index (χ4v) is 3.47. The smallest absolute Gasteiger partial charge is 0.267 e. The van der Waals surface area contributed by atoms with Gasteiger partial charge in [0.1, 0.15) is 11.5 Å². The lowest BCUT2D eigenvalue weighted by Gasteiger charge is -2.40. The highest BCUT2D eigenvalue weighted by atomic mass is 19.1. The first kappa shape index (κ1) is 17.2. The maximum absolute atomic E-state index is 13.0. The molecule has 0 saturated carbocycles. The minimum Gasteiger partial charge on any atom is -0.355 e. The molecule has 3 heterocycles. The van der Waals surface area contributed by atoms with Crippen molar-refractivity contribution in [1.29, 1.82) is 0 Å². The van der Waals surface area contributed by atoms with E-state index in [4.69, 9.17) is 0 Å². The number of likely N-dealkylation sites (tertiary alicyclic amines) is 1. The predicted octanol–water partition coefficient (Wildman–Crippen LogP) is 1.62. The number of aryl methyl sites for hydroxylation is 1. The van der Waals surface area contributed by atoms with Crippen LogP contribution in [-0.2, 0) is 11.8 Å². The standard InChI is InChI=1S/C17H22FN5O2/c1-3-23-15(24)5-4-11(16(23)12-8-21-22(2)10-12)7-20-17(25)14-6-13(18)9-19-14/h6,8-11,16,19H,3-5,7H2,1-2H3,(H,20,25)/t11-,16+/m1/s1. The van der Waals surface area contributed by atoms with E-state index < -0.39 is 5.82 Å². The molecule has 8 heteroatoms. The largest absolute Gasteiger partial charge is 0.355 e. The van der Waals surface area contributed by atoms with Gasteiger partial charge in [0.15, 0.2) is 0 Å². The van der Waals surface area contributed by atoms with Crippen LogP contribution >= 0.6 is 0 Å². The zero-order valence-electron chi connectivity index (χ0n) is 14.3. The summed E-state index contributed by atoms with van der Waals surface area (Å²) < 4.78 is 14.8. The van der Waals surface area contributed by atoms with Gasteiger partial charge in [-0.05, 0) is 13.3 Å². The van der Waals surface area contributed by atoms with Gasteiger partial charge in [0.05, 0.1) is 12.2 Å². The molecular formula is C17H22FN5O2. The van der Waals surface area contributed by atoms with Gasteiger partial charge in [-0.15, -0.1) is 0 Å². The molecule has 2 aromatic heterocycles. The summed E-state index contributed by atoms with van der Waals surface area (Å²) >= 11 is 0. The minimum atomic E-state index is -0.473. The van der Waals surface area contributed by atoms with Crippen molar-refractivity contribution < 1.29 is 14.0 Å². The van der Waals surface area contributed by atoms with Crippen molar-refractivity contribution in [2.45, 2.75) is 25.8 Å².